The summed E-state index contributed by atoms with van der Waals surface area (Å²) in [5.74, 6) is 0.180. The molecule has 0 amide bonds. The van der Waals surface area contributed by atoms with Crippen LogP contribution in [0.4, 0.5) is 0 Å². The van der Waals surface area contributed by atoms with Gasteiger partial charge in [-0.15, -0.1) is 0 Å². The third kappa shape index (κ3) is 3.90. The first-order valence-corrected chi connectivity index (χ1v) is 7.91. The highest BCUT2D eigenvalue weighted by molar-refractivity contribution is 6.06. The number of allylic oxidation sites excluding steroid dienone is 1. The maximum Gasteiger partial charge on any atom is 0.146 e. The summed E-state index contributed by atoms with van der Waals surface area (Å²) in [7, 11) is 0. The Balaban J connectivity index is 2.15. The average Bonchev–Trinajstić information content (AvgIpc) is 2.47. The largest absolute Gasteiger partial charge is 0.299 e. The third-order valence-electron chi connectivity index (χ3n) is 4.54. The van der Waals surface area contributed by atoms with E-state index in [0.717, 1.165) is 31.2 Å². The van der Waals surface area contributed by atoms with Crippen LogP contribution in [-0.4, -0.2) is 11.6 Å². The fourth-order valence-electron chi connectivity index (χ4n) is 3.14. The van der Waals surface area contributed by atoms with Crippen molar-refractivity contribution in [1.29, 1.82) is 0 Å². The quantitative estimate of drug-likeness (QED) is 0.758. The molecule has 21 heavy (non-hydrogen) atoms. The van der Waals surface area contributed by atoms with Crippen molar-refractivity contribution in [2.24, 2.45) is 5.41 Å². The highest BCUT2D eigenvalue weighted by atomic mass is 16.2. The molecule has 0 saturated heterocycles. The number of carbonyl (C=O) groups excluding carboxylic acids is 2. The molecule has 1 saturated carbocycles. The summed E-state index contributed by atoms with van der Waals surface area (Å²) in [5.41, 5.74) is 0.334. The van der Waals surface area contributed by atoms with Crippen molar-refractivity contribution in [2.45, 2.75) is 51.9 Å². The molecule has 1 fully saturated rings. The molecule has 0 bridgehead atoms. The summed E-state index contributed by atoms with van der Waals surface area (Å²) in [6, 6.07) is 10.0. The minimum Gasteiger partial charge on any atom is -0.299 e. The molecule has 2 heteroatoms. The summed E-state index contributed by atoms with van der Waals surface area (Å²) in [6.45, 7) is 1.58. The van der Waals surface area contributed by atoms with E-state index in [1.54, 1.807) is 6.92 Å². The predicted octanol–water partition coefficient (Wildman–Crippen LogP) is 4.59. The van der Waals surface area contributed by atoms with Crippen molar-refractivity contribution in [3.63, 3.8) is 0 Å². The van der Waals surface area contributed by atoms with Crippen LogP contribution in [-0.2, 0) is 9.59 Å². The Hall–Kier alpha value is -1.70. The lowest BCUT2D eigenvalue weighted by Gasteiger charge is -2.30. The lowest BCUT2D eigenvalue weighted by Crippen LogP contribution is -2.38. The van der Waals surface area contributed by atoms with Gasteiger partial charge < -0.3 is 0 Å². The molecule has 112 valence electrons. The summed E-state index contributed by atoms with van der Waals surface area (Å²) in [4.78, 5) is 24.7. The Kier molecular flexibility index (Phi) is 5.49. The first kappa shape index (κ1) is 15.7. The van der Waals surface area contributed by atoms with Crippen LogP contribution in [0.15, 0.2) is 36.4 Å². The van der Waals surface area contributed by atoms with Gasteiger partial charge >= 0.3 is 0 Å². The van der Waals surface area contributed by atoms with Crippen LogP contribution >= 0.6 is 0 Å². The van der Waals surface area contributed by atoms with E-state index in [1.165, 1.54) is 0 Å². The van der Waals surface area contributed by atoms with Gasteiger partial charge in [0.15, 0.2) is 0 Å². The normalized spacial score (nSPS) is 23.8. The SMILES string of the molecule is CC(=O)[C@@]1(C/C=C/c2ccccc2)CCCCCCC1=O. The average molecular weight is 284 g/mol. The van der Waals surface area contributed by atoms with Crippen molar-refractivity contribution < 1.29 is 9.59 Å². The fourth-order valence-corrected chi connectivity index (χ4v) is 3.14. The van der Waals surface area contributed by atoms with Crippen LogP contribution in [0.3, 0.4) is 0 Å². The Morgan fingerprint density at radius 3 is 2.57 bits per heavy atom. The summed E-state index contributed by atoms with van der Waals surface area (Å²) in [5, 5.41) is 0. The smallest absolute Gasteiger partial charge is 0.146 e. The number of hydrogen-bond acceptors (Lipinski definition) is 2. The molecule has 2 nitrogen and oxygen atoms in total. The minimum absolute atomic E-state index is 0.0344. The molecule has 1 aliphatic rings. The summed E-state index contributed by atoms with van der Waals surface area (Å²) in [6.07, 6.45) is 9.95. The molecule has 0 unspecified atom stereocenters. The maximum atomic E-state index is 12.5. The number of Topliss-reactive ketones (excluding diaryl/α,β-unsaturated/α-hetero) is 2. The van der Waals surface area contributed by atoms with E-state index in [4.69, 9.17) is 0 Å². The van der Waals surface area contributed by atoms with E-state index in [2.05, 4.69) is 0 Å². The second kappa shape index (κ2) is 7.35. The first-order valence-electron chi connectivity index (χ1n) is 7.91. The predicted molar refractivity (Wildman–Crippen MR) is 85.9 cm³/mol. The zero-order valence-corrected chi connectivity index (χ0v) is 12.8. The van der Waals surface area contributed by atoms with Crippen LogP contribution in [0.5, 0.6) is 0 Å². The van der Waals surface area contributed by atoms with Gasteiger partial charge in [-0.05, 0) is 31.7 Å². The number of carbonyl (C=O) groups is 2. The molecule has 0 aromatic heterocycles. The van der Waals surface area contributed by atoms with Crippen molar-refractivity contribution >= 4 is 17.6 Å². The molecule has 1 atom stereocenters. The molecule has 1 aromatic rings. The van der Waals surface area contributed by atoms with Gasteiger partial charge in [-0.2, -0.15) is 0 Å². The highest BCUT2D eigenvalue weighted by Gasteiger charge is 2.41. The number of rotatable bonds is 4. The van der Waals surface area contributed by atoms with Crippen molar-refractivity contribution in [3.05, 3.63) is 42.0 Å². The maximum absolute atomic E-state index is 12.5. The summed E-state index contributed by atoms with van der Waals surface area (Å²) < 4.78 is 0. The molecule has 0 N–H and O–H groups in total. The molecule has 0 aliphatic heterocycles. The van der Waals surface area contributed by atoms with E-state index in [1.807, 2.05) is 42.5 Å². The highest BCUT2D eigenvalue weighted by Crippen LogP contribution is 2.36. The Labute approximate surface area is 127 Å². The molecule has 0 spiro atoms. The second-order valence-corrected chi connectivity index (χ2v) is 5.99. The monoisotopic (exact) mass is 284 g/mol. The minimum atomic E-state index is -0.772. The van der Waals surface area contributed by atoms with Gasteiger partial charge in [0.2, 0.25) is 0 Å². The lowest BCUT2D eigenvalue weighted by molar-refractivity contribution is -0.140. The molecular formula is C19H24O2. The number of hydrogen-bond donors (Lipinski definition) is 0. The van der Waals surface area contributed by atoms with Crippen LogP contribution in [0.2, 0.25) is 0 Å². The molecule has 2 rings (SSSR count). The van der Waals surface area contributed by atoms with Gasteiger partial charge in [0.25, 0.3) is 0 Å². The van der Waals surface area contributed by atoms with Gasteiger partial charge in [0.05, 0.1) is 5.41 Å². The fraction of sp³-hybridized carbons (Fsp3) is 0.474. The van der Waals surface area contributed by atoms with Gasteiger partial charge in [0.1, 0.15) is 11.6 Å². The molecule has 0 heterocycles. The van der Waals surface area contributed by atoms with E-state index in [-0.39, 0.29) is 11.6 Å². The molecular weight excluding hydrogens is 260 g/mol. The van der Waals surface area contributed by atoms with E-state index < -0.39 is 5.41 Å². The Morgan fingerprint density at radius 2 is 1.86 bits per heavy atom. The number of ketones is 2. The molecule has 1 aromatic carbocycles. The first-order chi connectivity index (χ1) is 10.1. The topological polar surface area (TPSA) is 34.1 Å². The van der Waals surface area contributed by atoms with Crippen LogP contribution in [0.1, 0.15) is 57.4 Å². The van der Waals surface area contributed by atoms with Gasteiger partial charge in [-0.25, -0.2) is 0 Å². The van der Waals surface area contributed by atoms with Crippen molar-refractivity contribution in [1.82, 2.24) is 0 Å². The zero-order valence-electron chi connectivity index (χ0n) is 12.8. The molecule has 1 aliphatic carbocycles. The van der Waals surface area contributed by atoms with E-state index in [0.29, 0.717) is 19.3 Å². The second-order valence-electron chi connectivity index (χ2n) is 5.99. The standard InChI is InChI=1S/C19H24O2/c1-16(20)19(14-8-3-2-7-13-18(19)21)15-9-12-17-10-5-4-6-11-17/h4-6,9-12H,2-3,7-8,13-15H2,1H3/b12-9+/t19-/m0/s1. The van der Waals surface area contributed by atoms with Gasteiger partial charge in [-0.1, -0.05) is 61.7 Å². The molecule has 0 radical (unpaired) electrons. The van der Waals surface area contributed by atoms with Crippen LogP contribution in [0, 0.1) is 5.41 Å². The van der Waals surface area contributed by atoms with Gasteiger partial charge in [0, 0.05) is 6.42 Å². The summed E-state index contributed by atoms with van der Waals surface area (Å²) >= 11 is 0. The Bertz CT molecular complexity index is 516. The Morgan fingerprint density at radius 1 is 1.14 bits per heavy atom. The van der Waals surface area contributed by atoms with E-state index >= 15 is 0 Å². The number of benzene rings is 1. The zero-order chi connectivity index (χ0) is 15.1. The van der Waals surface area contributed by atoms with Crippen molar-refractivity contribution in [2.75, 3.05) is 0 Å². The van der Waals surface area contributed by atoms with Crippen molar-refractivity contribution in [3.8, 4) is 0 Å². The lowest BCUT2D eigenvalue weighted by atomic mass is 9.70. The third-order valence-corrected chi connectivity index (χ3v) is 4.54. The van der Waals surface area contributed by atoms with Crippen LogP contribution < -0.4 is 0 Å². The van der Waals surface area contributed by atoms with Gasteiger partial charge in [-0.3, -0.25) is 9.59 Å². The van der Waals surface area contributed by atoms with E-state index in [9.17, 15) is 9.59 Å². The van der Waals surface area contributed by atoms with Crippen LogP contribution in [0.25, 0.3) is 6.08 Å².